The summed E-state index contributed by atoms with van der Waals surface area (Å²) in [6.45, 7) is 0. The molecule has 0 bridgehead atoms. The lowest BCUT2D eigenvalue weighted by Gasteiger charge is -2.09. The molecule has 1 heterocycles. The topological polar surface area (TPSA) is 67.2 Å². The third kappa shape index (κ3) is 4.28. The maximum atomic E-state index is 13.7. The number of carbonyl (C=O) groups excluding carboxylic acids is 1. The van der Waals surface area contributed by atoms with Crippen molar-refractivity contribution in [1.29, 1.82) is 0 Å². The zero-order valence-corrected chi connectivity index (χ0v) is 17.4. The van der Waals surface area contributed by atoms with Gasteiger partial charge in [0.1, 0.15) is 11.3 Å². The highest BCUT2D eigenvalue weighted by molar-refractivity contribution is 7.80. The van der Waals surface area contributed by atoms with Crippen LogP contribution in [-0.4, -0.2) is 16.0 Å². The highest BCUT2D eigenvalue weighted by atomic mass is 35.5. The van der Waals surface area contributed by atoms with Crippen LogP contribution in [0.1, 0.15) is 10.4 Å². The summed E-state index contributed by atoms with van der Waals surface area (Å²) >= 11 is 17.4. The van der Waals surface area contributed by atoms with Crippen LogP contribution >= 0.6 is 35.4 Å². The van der Waals surface area contributed by atoms with E-state index in [-0.39, 0.29) is 10.7 Å². The minimum absolute atomic E-state index is 0.0178. The number of anilines is 1. The number of nitrogens with one attached hydrogen (secondary N) is 2. The Kier molecular flexibility index (Phi) is 5.67. The van der Waals surface area contributed by atoms with Crippen molar-refractivity contribution < 1.29 is 13.6 Å². The van der Waals surface area contributed by atoms with Crippen molar-refractivity contribution in [1.82, 2.24) is 10.3 Å². The van der Waals surface area contributed by atoms with Crippen LogP contribution in [0.4, 0.5) is 10.1 Å². The third-order valence-electron chi connectivity index (χ3n) is 4.15. The Morgan fingerprint density at radius 3 is 2.67 bits per heavy atom. The molecule has 0 aliphatic carbocycles. The molecule has 3 aromatic carbocycles. The lowest BCUT2D eigenvalue weighted by molar-refractivity contribution is 0.0974. The van der Waals surface area contributed by atoms with Crippen LogP contribution < -0.4 is 10.6 Å². The smallest absolute Gasteiger partial charge is 0.260 e. The van der Waals surface area contributed by atoms with Crippen molar-refractivity contribution in [2.24, 2.45) is 0 Å². The van der Waals surface area contributed by atoms with Gasteiger partial charge in [-0.15, -0.1) is 0 Å². The molecule has 0 aliphatic rings. The summed E-state index contributed by atoms with van der Waals surface area (Å²) in [5.41, 5.74) is 2.12. The van der Waals surface area contributed by atoms with Crippen LogP contribution in [0.2, 0.25) is 10.0 Å². The van der Waals surface area contributed by atoms with Gasteiger partial charge in [0.05, 0.1) is 16.1 Å². The predicted octanol–water partition coefficient (Wildman–Crippen LogP) is 6.07. The number of nitrogens with zero attached hydrogens (tertiary/aromatic N) is 1. The minimum Gasteiger partial charge on any atom is -0.436 e. The van der Waals surface area contributed by atoms with Gasteiger partial charge >= 0.3 is 0 Å². The number of rotatable bonds is 3. The number of thiocarbonyl (C=S) groups is 1. The van der Waals surface area contributed by atoms with E-state index in [1.54, 1.807) is 42.5 Å². The number of halogens is 3. The lowest BCUT2D eigenvalue weighted by Crippen LogP contribution is -2.34. The van der Waals surface area contributed by atoms with Crippen molar-refractivity contribution >= 4 is 63.2 Å². The van der Waals surface area contributed by atoms with Crippen LogP contribution in [0.5, 0.6) is 0 Å². The maximum Gasteiger partial charge on any atom is 0.260 e. The molecular weight excluding hydrogens is 448 g/mol. The molecule has 150 valence electrons. The zero-order chi connectivity index (χ0) is 21.3. The van der Waals surface area contributed by atoms with Gasteiger partial charge in [0, 0.05) is 10.7 Å². The Morgan fingerprint density at radius 1 is 1.07 bits per heavy atom. The molecular formula is C21H12Cl2FN3O2S. The highest BCUT2D eigenvalue weighted by Gasteiger charge is 2.15. The number of oxazole rings is 1. The fraction of sp³-hybridized carbons (Fsp3) is 0. The first kappa shape index (κ1) is 20.3. The Morgan fingerprint density at radius 2 is 1.87 bits per heavy atom. The summed E-state index contributed by atoms with van der Waals surface area (Å²) in [5.74, 6) is -0.954. The molecule has 5 nitrogen and oxygen atoms in total. The fourth-order valence-corrected chi connectivity index (χ4v) is 3.34. The molecule has 0 saturated heterocycles. The van der Waals surface area contributed by atoms with Crippen molar-refractivity contribution in [3.05, 3.63) is 82.1 Å². The van der Waals surface area contributed by atoms with E-state index in [9.17, 15) is 9.18 Å². The second kappa shape index (κ2) is 8.39. The van der Waals surface area contributed by atoms with Crippen molar-refractivity contribution in [3.8, 4) is 11.5 Å². The predicted molar refractivity (Wildman–Crippen MR) is 120 cm³/mol. The van der Waals surface area contributed by atoms with E-state index in [1.165, 1.54) is 18.2 Å². The maximum absolute atomic E-state index is 13.7. The normalized spacial score (nSPS) is 10.8. The first-order chi connectivity index (χ1) is 14.4. The first-order valence-electron chi connectivity index (χ1n) is 8.63. The van der Waals surface area contributed by atoms with Gasteiger partial charge in [0.2, 0.25) is 5.89 Å². The van der Waals surface area contributed by atoms with Crippen LogP contribution in [-0.2, 0) is 0 Å². The molecule has 4 rings (SSSR count). The van der Waals surface area contributed by atoms with E-state index in [1.807, 2.05) is 0 Å². The Labute approximate surface area is 185 Å². The van der Waals surface area contributed by atoms with Crippen LogP contribution in [0.3, 0.4) is 0 Å². The van der Waals surface area contributed by atoms with Crippen LogP contribution in [0.25, 0.3) is 22.6 Å². The average Bonchev–Trinajstić information content (AvgIpc) is 3.13. The van der Waals surface area contributed by atoms with Gasteiger partial charge < -0.3 is 9.73 Å². The molecule has 2 N–H and O–H groups in total. The summed E-state index contributed by atoms with van der Waals surface area (Å²) in [6.07, 6.45) is 0. The lowest BCUT2D eigenvalue weighted by atomic mass is 10.2. The molecule has 0 unspecified atom stereocenters. The molecule has 0 spiro atoms. The van der Waals surface area contributed by atoms with Crippen LogP contribution in [0, 0.1) is 5.82 Å². The number of hydrogen-bond donors (Lipinski definition) is 2. The van der Waals surface area contributed by atoms with Crippen LogP contribution in [0.15, 0.2) is 65.1 Å². The summed E-state index contributed by atoms with van der Waals surface area (Å²) in [4.78, 5) is 16.6. The summed E-state index contributed by atoms with van der Waals surface area (Å²) < 4.78 is 19.5. The number of hydrogen-bond acceptors (Lipinski definition) is 4. The molecule has 0 saturated carbocycles. The Hall–Kier alpha value is -3.00. The molecule has 30 heavy (non-hydrogen) atoms. The van der Waals surface area contributed by atoms with E-state index < -0.39 is 11.7 Å². The van der Waals surface area contributed by atoms with E-state index >= 15 is 0 Å². The molecule has 9 heteroatoms. The number of fused-ring (bicyclic) bond motifs is 1. The van der Waals surface area contributed by atoms with Gasteiger partial charge in [-0.2, -0.15) is 0 Å². The van der Waals surface area contributed by atoms with Gasteiger partial charge in [0.25, 0.3) is 5.91 Å². The van der Waals surface area contributed by atoms with E-state index in [0.717, 1.165) is 0 Å². The molecule has 0 aliphatic heterocycles. The van der Waals surface area contributed by atoms with E-state index in [2.05, 4.69) is 15.6 Å². The highest BCUT2D eigenvalue weighted by Crippen LogP contribution is 2.32. The largest absolute Gasteiger partial charge is 0.436 e. The first-order valence-corrected chi connectivity index (χ1v) is 9.80. The second-order valence-corrected chi connectivity index (χ2v) is 7.47. The third-order valence-corrected chi connectivity index (χ3v) is 4.92. The fourth-order valence-electron chi connectivity index (χ4n) is 2.76. The number of aromatic nitrogens is 1. The van der Waals surface area contributed by atoms with Gasteiger partial charge in [-0.3, -0.25) is 10.1 Å². The summed E-state index contributed by atoms with van der Waals surface area (Å²) in [6, 6.07) is 15.8. The van der Waals surface area contributed by atoms with E-state index in [4.69, 9.17) is 39.8 Å². The standard InChI is InChI=1S/C21H12Cl2FN3O2S/c22-11-5-7-15(23)14(9-11)20-26-17-10-12(6-8-18(17)29-20)25-21(30)27-19(28)13-3-1-2-4-16(13)24/h1-10H,(H2,25,27,28,30). The van der Waals surface area contributed by atoms with Gasteiger partial charge in [-0.25, -0.2) is 9.37 Å². The van der Waals surface area contributed by atoms with Crippen molar-refractivity contribution in [2.75, 3.05) is 5.32 Å². The van der Waals surface area contributed by atoms with E-state index in [0.29, 0.717) is 38.3 Å². The number of benzene rings is 3. The monoisotopic (exact) mass is 459 g/mol. The molecule has 4 aromatic rings. The van der Waals surface area contributed by atoms with Gasteiger partial charge in [-0.1, -0.05) is 35.3 Å². The SMILES string of the molecule is O=C(NC(=S)Nc1ccc2oc(-c3cc(Cl)ccc3Cl)nc2c1)c1ccccc1F. The van der Waals surface area contributed by atoms with Crippen molar-refractivity contribution in [2.45, 2.75) is 0 Å². The molecule has 0 atom stereocenters. The minimum atomic E-state index is -0.647. The van der Waals surface area contributed by atoms with Gasteiger partial charge in [0.15, 0.2) is 10.7 Å². The van der Waals surface area contributed by atoms with Crippen molar-refractivity contribution in [3.63, 3.8) is 0 Å². The number of amides is 1. The summed E-state index contributed by atoms with van der Waals surface area (Å²) in [5, 5.41) is 6.30. The molecule has 0 radical (unpaired) electrons. The molecule has 1 amide bonds. The molecule has 0 fully saturated rings. The Balaban J connectivity index is 1.52. The zero-order valence-electron chi connectivity index (χ0n) is 15.1. The second-order valence-electron chi connectivity index (χ2n) is 6.21. The Bertz CT molecular complexity index is 1290. The quantitative estimate of drug-likeness (QED) is 0.364. The molecule has 1 aromatic heterocycles. The van der Waals surface area contributed by atoms with Gasteiger partial charge in [-0.05, 0) is 60.7 Å². The summed E-state index contributed by atoms with van der Waals surface area (Å²) in [7, 11) is 0. The average molecular weight is 460 g/mol. The number of carbonyl (C=O) groups is 1.